The van der Waals surface area contributed by atoms with Crippen LogP contribution in [0.4, 0.5) is 18.3 Å². The fraction of sp³-hybridized carbons (Fsp3) is 0.444. The van der Waals surface area contributed by atoms with E-state index >= 15 is 0 Å². The fourth-order valence-corrected chi connectivity index (χ4v) is 2.67. The smallest absolute Gasteiger partial charge is 0.351 e. The van der Waals surface area contributed by atoms with Gasteiger partial charge in [-0.1, -0.05) is 0 Å². The van der Waals surface area contributed by atoms with E-state index in [2.05, 4.69) is 19.7 Å². The normalized spacial score (nSPS) is 13.6. The molecule has 0 fully saturated rings. The Hall–Kier alpha value is -1.22. The van der Waals surface area contributed by atoms with E-state index in [1.807, 2.05) is 13.8 Å². The van der Waals surface area contributed by atoms with Gasteiger partial charge in [-0.3, -0.25) is 0 Å². The van der Waals surface area contributed by atoms with Crippen molar-refractivity contribution in [1.82, 2.24) is 14.3 Å². The van der Waals surface area contributed by atoms with Crippen LogP contribution in [0, 0.1) is 6.92 Å². The number of alkyl halides is 3. The molecule has 1 N–H and O–H groups in total. The summed E-state index contributed by atoms with van der Waals surface area (Å²) < 4.78 is 40.2. The van der Waals surface area contributed by atoms with Gasteiger partial charge in [0.1, 0.15) is 5.01 Å². The number of rotatable bonds is 3. The fourth-order valence-electron chi connectivity index (χ4n) is 1.22. The van der Waals surface area contributed by atoms with Crippen LogP contribution in [0.1, 0.15) is 28.7 Å². The number of hydrogen-bond acceptors (Lipinski definition) is 6. The highest BCUT2D eigenvalue weighted by atomic mass is 32.1. The number of nitrogens with one attached hydrogen (secondary N) is 1. The zero-order valence-electron chi connectivity index (χ0n) is 9.45. The summed E-state index contributed by atoms with van der Waals surface area (Å²) in [5.74, 6) is -1.11. The van der Waals surface area contributed by atoms with Gasteiger partial charge in [0.05, 0.1) is 6.04 Å². The molecular weight excluding hydrogens is 285 g/mol. The molecule has 0 saturated carbocycles. The predicted octanol–water partition coefficient (Wildman–Crippen LogP) is 3.49. The highest BCUT2D eigenvalue weighted by molar-refractivity contribution is 7.11. The molecule has 0 amide bonds. The first-order chi connectivity index (χ1) is 8.36. The standard InChI is InChI=1S/C9H9F3N4S2/c1-4-3-13-6(17-4)5(2)14-8-15-7(16-18-8)9(10,11)12/h3,5H,1-2H3,(H,14,15,16). The Labute approximate surface area is 109 Å². The van der Waals surface area contributed by atoms with Crippen molar-refractivity contribution in [1.29, 1.82) is 0 Å². The Bertz CT molecular complexity index is 534. The molecule has 2 heterocycles. The van der Waals surface area contributed by atoms with E-state index in [0.717, 1.165) is 9.88 Å². The quantitative estimate of drug-likeness (QED) is 0.941. The molecule has 4 nitrogen and oxygen atoms in total. The number of hydrogen-bond donors (Lipinski definition) is 1. The third-order valence-corrected chi connectivity index (χ3v) is 3.77. The second kappa shape index (κ2) is 4.81. The van der Waals surface area contributed by atoms with Crippen molar-refractivity contribution in [2.75, 3.05) is 5.32 Å². The van der Waals surface area contributed by atoms with Gasteiger partial charge in [0.25, 0.3) is 0 Å². The lowest BCUT2D eigenvalue weighted by atomic mass is 10.4. The Kier molecular flexibility index (Phi) is 3.53. The summed E-state index contributed by atoms with van der Waals surface area (Å²) in [7, 11) is 0. The van der Waals surface area contributed by atoms with Crippen molar-refractivity contribution in [3.8, 4) is 0 Å². The molecule has 2 aromatic rings. The molecule has 0 aliphatic rings. The number of aromatic nitrogens is 3. The Morgan fingerprint density at radius 2 is 2.11 bits per heavy atom. The van der Waals surface area contributed by atoms with Crippen LogP contribution in [0.2, 0.25) is 0 Å². The summed E-state index contributed by atoms with van der Waals surface area (Å²) in [6.45, 7) is 3.73. The number of anilines is 1. The van der Waals surface area contributed by atoms with E-state index < -0.39 is 12.0 Å². The second-order valence-electron chi connectivity index (χ2n) is 3.60. The van der Waals surface area contributed by atoms with Crippen molar-refractivity contribution < 1.29 is 13.2 Å². The predicted molar refractivity (Wildman–Crippen MR) is 63.8 cm³/mol. The summed E-state index contributed by atoms with van der Waals surface area (Å²) in [4.78, 5) is 8.61. The van der Waals surface area contributed by atoms with Gasteiger partial charge in [0.15, 0.2) is 0 Å². The van der Waals surface area contributed by atoms with E-state index in [9.17, 15) is 13.2 Å². The zero-order valence-corrected chi connectivity index (χ0v) is 11.1. The monoisotopic (exact) mass is 294 g/mol. The van der Waals surface area contributed by atoms with E-state index in [1.54, 1.807) is 6.20 Å². The molecule has 0 saturated heterocycles. The molecule has 0 bridgehead atoms. The van der Waals surface area contributed by atoms with Crippen molar-refractivity contribution in [2.45, 2.75) is 26.1 Å². The van der Waals surface area contributed by atoms with E-state index in [1.165, 1.54) is 11.3 Å². The average molecular weight is 294 g/mol. The van der Waals surface area contributed by atoms with Crippen molar-refractivity contribution >= 4 is 28.0 Å². The van der Waals surface area contributed by atoms with Crippen molar-refractivity contribution in [3.63, 3.8) is 0 Å². The van der Waals surface area contributed by atoms with Gasteiger partial charge in [0.2, 0.25) is 11.0 Å². The maximum absolute atomic E-state index is 12.3. The van der Waals surface area contributed by atoms with Crippen LogP contribution < -0.4 is 5.32 Å². The SMILES string of the molecule is Cc1cnc(C(C)Nc2nc(C(F)(F)F)ns2)s1. The highest BCUT2D eigenvalue weighted by Crippen LogP contribution is 2.30. The topological polar surface area (TPSA) is 50.7 Å². The van der Waals surface area contributed by atoms with Gasteiger partial charge in [0, 0.05) is 22.6 Å². The van der Waals surface area contributed by atoms with Crippen LogP contribution in [-0.2, 0) is 6.18 Å². The lowest BCUT2D eigenvalue weighted by Crippen LogP contribution is -2.09. The summed E-state index contributed by atoms with van der Waals surface area (Å²) in [6, 6.07) is -0.197. The molecule has 98 valence electrons. The molecule has 0 aliphatic carbocycles. The molecule has 18 heavy (non-hydrogen) atoms. The minimum absolute atomic E-state index is 0.141. The van der Waals surface area contributed by atoms with Crippen LogP contribution in [0.15, 0.2) is 6.20 Å². The summed E-state index contributed by atoms with van der Waals surface area (Å²) in [5.41, 5.74) is 0. The molecule has 2 rings (SSSR count). The van der Waals surface area contributed by atoms with E-state index in [-0.39, 0.29) is 11.2 Å². The largest absolute Gasteiger partial charge is 0.452 e. The highest BCUT2D eigenvalue weighted by Gasteiger charge is 2.36. The third-order valence-electron chi connectivity index (χ3n) is 2.03. The van der Waals surface area contributed by atoms with Crippen LogP contribution in [0.25, 0.3) is 0 Å². The van der Waals surface area contributed by atoms with Gasteiger partial charge >= 0.3 is 6.18 Å². The van der Waals surface area contributed by atoms with Gasteiger partial charge in [-0.05, 0) is 13.8 Å². The second-order valence-corrected chi connectivity index (χ2v) is 5.61. The minimum atomic E-state index is -4.50. The van der Waals surface area contributed by atoms with Crippen molar-refractivity contribution in [2.24, 2.45) is 0 Å². The van der Waals surface area contributed by atoms with Crippen LogP contribution in [0.5, 0.6) is 0 Å². The minimum Gasteiger partial charge on any atom is -0.351 e. The molecule has 0 spiro atoms. The summed E-state index contributed by atoms with van der Waals surface area (Å²) in [5, 5.41) is 3.80. The van der Waals surface area contributed by atoms with E-state index in [4.69, 9.17) is 0 Å². The molecule has 9 heteroatoms. The first-order valence-electron chi connectivity index (χ1n) is 4.96. The number of aryl methyl sites for hydroxylation is 1. The van der Waals surface area contributed by atoms with Gasteiger partial charge in [-0.15, -0.1) is 11.3 Å². The van der Waals surface area contributed by atoms with Crippen LogP contribution in [0.3, 0.4) is 0 Å². The molecule has 1 unspecified atom stereocenters. The summed E-state index contributed by atoms with van der Waals surface area (Å²) >= 11 is 2.18. The molecule has 0 radical (unpaired) electrons. The van der Waals surface area contributed by atoms with E-state index in [0.29, 0.717) is 11.5 Å². The van der Waals surface area contributed by atoms with Crippen molar-refractivity contribution in [3.05, 3.63) is 21.9 Å². The maximum Gasteiger partial charge on any atom is 0.452 e. The van der Waals surface area contributed by atoms with Crippen LogP contribution >= 0.6 is 22.9 Å². The number of nitrogens with zero attached hydrogens (tertiary/aromatic N) is 3. The molecular formula is C9H9F3N4S2. The molecule has 1 atom stereocenters. The first-order valence-corrected chi connectivity index (χ1v) is 6.55. The average Bonchev–Trinajstić information content (AvgIpc) is 2.85. The maximum atomic E-state index is 12.3. The molecule has 2 aromatic heterocycles. The molecule has 0 aliphatic heterocycles. The summed E-state index contributed by atoms with van der Waals surface area (Å²) in [6.07, 6.45) is -2.78. The Balaban J connectivity index is 2.08. The molecule has 0 aromatic carbocycles. The van der Waals surface area contributed by atoms with Crippen LogP contribution in [-0.4, -0.2) is 14.3 Å². The van der Waals surface area contributed by atoms with Gasteiger partial charge in [-0.2, -0.15) is 22.5 Å². The Morgan fingerprint density at radius 1 is 1.39 bits per heavy atom. The number of thiazole rings is 1. The lowest BCUT2D eigenvalue weighted by Gasteiger charge is -2.08. The van der Waals surface area contributed by atoms with Gasteiger partial charge in [-0.25, -0.2) is 4.98 Å². The third kappa shape index (κ3) is 2.96. The number of halogens is 3. The lowest BCUT2D eigenvalue weighted by molar-refractivity contribution is -0.144. The first kappa shape index (κ1) is 13.2. The van der Waals surface area contributed by atoms with Gasteiger partial charge < -0.3 is 5.32 Å². The zero-order chi connectivity index (χ0) is 13.3. The Morgan fingerprint density at radius 3 is 2.61 bits per heavy atom.